The van der Waals surface area contributed by atoms with Gasteiger partial charge in [-0.25, -0.2) is 4.98 Å². The molecule has 0 radical (unpaired) electrons. The first kappa shape index (κ1) is 23.0. The van der Waals surface area contributed by atoms with Crippen LogP contribution in [0.4, 0.5) is 0 Å². The second-order valence-corrected chi connectivity index (χ2v) is 9.04. The predicted molar refractivity (Wildman–Crippen MR) is 126 cm³/mol. The Kier molecular flexibility index (Phi) is 8.67. The van der Waals surface area contributed by atoms with Crippen molar-refractivity contribution in [1.29, 1.82) is 0 Å². The van der Waals surface area contributed by atoms with Gasteiger partial charge in [-0.15, -0.1) is 11.3 Å². The van der Waals surface area contributed by atoms with Crippen molar-refractivity contribution in [2.45, 2.75) is 30.5 Å². The summed E-state index contributed by atoms with van der Waals surface area (Å²) >= 11 is 2.88. The molecule has 0 aliphatic rings. The molecule has 0 atom stereocenters. The molecular formula is C24H26N2O3S2. The van der Waals surface area contributed by atoms with E-state index in [-0.39, 0.29) is 18.1 Å². The number of thioether (sulfide) groups is 1. The number of Topliss-reactive ketones (excluding diaryl/α,β-unsaturated/α-hetero) is 1. The van der Waals surface area contributed by atoms with Gasteiger partial charge in [0.05, 0.1) is 25.0 Å². The molecule has 0 aliphatic heterocycles. The number of methoxy groups -OCH3 is 1. The van der Waals surface area contributed by atoms with Crippen molar-refractivity contribution in [2.24, 2.45) is 0 Å². The number of hydrogen-bond donors (Lipinski definition) is 1. The molecule has 0 saturated carbocycles. The summed E-state index contributed by atoms with van der Waals surface area (Å²) in [6, 6.07) is 15.5. The van der Waals surface area contributed by atoms with Crippen molar-refractivity contribution >= 4 is 34.8 Å². The maximum Gasteiger partial charge on any atom is 0.226 e. The average molecular weight is 455 g/mol. The van der Waals surface area contributed by atoms with Crippen LogP contribution < -0.4 is 10.1 Å². The number of benzene rings is 2. The molecular weight excluding hydrogens is 428 g/mol. The minimum atomic E-state index is -0.0659. The largest absolute Gasteiger partial charge is 0.496 e. The van der Waals surface area contributed by atoms with Crippen molar-refractivity contribution in [2.75, 3.05) is 19.4 Å². The third-order valence-electron chi connectivity index (χ3n) is 4.79. The maximum atomic E-state index is 12.4. The normalized spacial score (nSPS) is 10.6. The van der Waals surface area contributed by atoms with Crippen molar-refractivity contribution in [3.05, 3.63) is 76.3 Å². The Morgan fingerprint density at radius 3 is 2.65 bits per heavy atom. The molecule has 3 aromatic rings. The van der Waals surface area contributed by atoms with Crippen molar-refractivity contribution in [3.8, 4) is 5.75 Å². The number of ether oxygens (including phenoxy) is 1. The number of aryl methyl sites for hydroxylation is 1. The molecule has 3 rings (SSSR count). The Balaban J connectivity index is 1.42. The summed E-state index contributed by atoms with van der Waals surface area (Å²) in [6.45, 7) is 2.63. The summed E-state index contributed by atoms with van der Waals surface area (Å²) in [5, 5.41) is 4.81. The highest BCUT2D eigenvalue weighted by Gasteiger charge is 2.11. The van der Waals surface area contributed by atoms with Crippen LogP contribution in [-0.2, 0) is 24.1 Å². The van der Waals surface area contributed by atoms with E-state index in [1.54, 1.807) is 7.11 Å². The summed E-state index contributed by atoms with van der Waals surface area (Å²) in [5.41, 5.74) is 3.72. The van der Waals surface area contributed by atoms with Crippen molar-refractivity contribution in [1.82, 2.24) is 10.3 Å². The number of amides is 1. The van der Waals surface area contributed by atoms with Gasteiger partial charge in [0.1, 0.15) is 5.75 Å². The van der Waals surface area contributed by atoms with E-state index in [0.29, 0.717) is 18.7 Å². The molecule has 0 saturated heterocycles. The summed E-state index contributed by atoms with van der Waals surface area (Å²) in [4.78, 5) is 29.1. The second kappa shape index (κ2) is 11.7. The monoisotopic (exact) mass is 454 g/mol. The first-order chi connectivity index (χ1) is 15.1. The zero-order chi connectivity index (χ0) is 22.1. The molecule has 0 bridgehead atoms. The Morgan fingerprint density at radius 1 is 1.13 bits per heavy atom. The lowest BCUT2D eigenvalue weighted by molar-refractivity contribution is -0.120. The van der Waals surface area contributed by atoms with Gasteiger partial charge in [-0.1, -0.05) is 61.2 Å². The molecule has 1 amide bonds. The number of thiazole rings is 1. The summed E-state index contributed by atoms with van der Waals surface area (Å²) in [6.07, 6.45) is 1.89. The average Bonchev–Trinajstić information content (AvgIpc) is 3.25. The van der Waals surface area contributed by atoms with Crippen LogP contribution in [0.3, 0.4) is 0 Å². The van der Waals surface area contributed by atoms with E-state index in [9.17, 15) is 9.59 Å². The summed E-state index contributed by atoms with van der Waals surface area (Å²) < 4.78 is 6.13. The van der Waals surface area contributed by atoms with E-state index in [1.807, 2.05) is 53.9 Å². The molecule has 0 aliphatic carbocycles. The van der Waals surface area contributed by atoms with E-state index in [2.05, 4.69) is 17.2 Å². The molecule has 1 heterocycles. The smallest absolute Gasteiger partial charge is 0.226 e. The standard InChI is InChI=1S/C24H26N2O3S2/c1-3-17-8-10-18(11-9-17)21(27)16-31-24-26-20(15-30-24)14-23(28)25-13-12-19-6-4-5-7-22(19)29-2/h4-11,15H,3,12-14,16H2,1-2H3,(H,25,28). The molecule has 1 aromatic heterocycles. The van der Waals surface area contributed by atoms with E-state index >= 15 is 0 Å². The zero-order valence-electron chi connectivity index (χ0n) is 17.7. The van der Waals surface area contributed by atoms with E-state index < -0.39 is 0 Å². The van der Waals surface area contributed by atoms with Crippen LogP contribution in [0.1, 0.15) is 34.1 Å². The van der Waals surface area contributed by atoms with Crippen LogP contribution in [0.5, 0.6) is 5.75 Å². The van der Waals surface area contributed by atoms with Crippen LogP contribution in [0.15, 0.2) is 58.3 Å². The molecule has 2 aromatic carbocycles. The molecule has 0 fully saturated rings. The van der Waals surface area contributed by atoms with Crippen LogP contribution in [-0.4, -0.2) is 36.1 Å². The Bertz CT molecular complexity index is 1020. The molecule has 162 valence electrons. The number of nitrogens with one attached hydrogen (secondary N) is 1. The van der Waals surface area contributed by atoms with Crippen molar-refractivity contribution < 1.29 is 14.3 Å². The zero-order valence-corrected chi connectivity index (χ0v) is 19.4. The van der Waals surface area contributed by atoms with Gasteiger partial charge >= 0.3 is 0 Å². The molecule has 1 N–H and O–H groups in total. The number of carbonyl (C=O) groups is 2. The van der Waals surface area contributed by atoms with Crippen LogP contribution in [0.2, 0.25) is 0 Å². The predicted octanol–water partition coefficient (Wildman–Crippen LogP) is 4.59. The third kappa shape index (κ3) is 6.94. The number of aromatic nitrogens is 1. The van der Waals surface area contributed by atoms with Gasteiger partial charge in [-0.2, -0.15) is 0 Å². The van der Waals surface area contributed by atoms with E-state index in [4.69, 9.17) is 4.74 Å². The maximum absolute atomic E-state index is 12.4. The number of rotatable bonds is 11. The minimum Gasteiger partial charge on any atom is -0.496 e. The molecule has 0 unspecified atom stereocenters. The number of hydrogen-bond acceptors (Lipinski definition) is 6. The first-order valence-corrected chi connectivity index (χ1v) is 12.0. The quantitative estimate of drug-likeness (QED) is 0.339. The van der Waals surface area contributed by atoms with Crippen LogP contribution in [0.25, 0.3) is 0 Å². The van der Waals surface area contributed by atoms with E-state index in [0.717, 1.165) is 33.3 Å². The topological polar surface area (TPSA) is 68.3 Å². The summed E-state index contributed by atoms with van der Waals surface area (Å²) in [5.74, 6) is 1.18. The highest BCUT2D eigenvalue weighted by Crippen LogP contribution is 2.24. The first-order valence-electron chi connectivity index (χ1n) is 10.2. The number of ketones is 1. The van der Waals surface area contributed by atoms with Crippen LogP contribution in [0, 0.1) is 0 Å². The lowest BCUT2D eigenvalue weighted by Gasteiger charge is -2.08. The fourth-order valence-corrected chi connectivity index (χ4v) is 4.79. The van der Waals surface area contributed by atoms with E-state index in [1.165, 1.54) is 28.7 Å². The lowest BCUT2D eigenvalue weighted by Crippen LogP contribution is -2.27. The van der Waals surface area contributed by atoms with Crippen LogP contribution >= 0.6 is 23.1 Å². The number of para-hydroxylation sites is 1. The SMILES string of the molecule is CCc1ccc(C(=O)CSc2nc(CC(=O)NCCc3ccccc3OC)cs2)cc1. The Hall–Kier alpha value is -2.64. The second-order valence-electron chi connectivity index (χ2n) is 6.96. The third-order valence-corrected chi connectivity index (χ3v) is 6.86. The Morgan fingerprint density at radius 2 is 1.90 bits per heavy atom. The molecule has 31 heavy (non-hydrogen) atoms. The van der Waals surface area contributed by atoms with Gasteiger partial charge in [0.2, 0.25) is 5.91 Å². The van der Waals surface area contributed by atoms with Gasteiger partial charge in [-0.05, 0) is 30.0 Å². The van der Waals surface area contributed by atoms with Gasteiger partial charge < -0.3 is 10.1 Å². The fraction of sp³-hybridized carbons (Fsp3) is 0.292. The highest BCUT2D eigenvalue weighted by molar-refractivity contribution is 8.01. The van der Waals surface area contributed by atoms with Crippen molar-refractivity contribution in [3.63, 3.8) is 0 Å². The molecule has 5 nitrogen and oxygen atoms in total. The minimum absolute atomic E-state index is 0.0659. The molecule has 0 spiro atoms. The van der Waals surface area contributed by atoms with Gasteiger partial charge in [0.25, 0.3) is 0 Å². The molecule has 7 heteroatoms. The highest BCUT2D eigenvalue weighted by atomic mass is 32.2. The number of carbonyl (C=O) groups excluding carboxylic acids is 2. The number of nitrogens with zero attached hydrogens (tertiary/aromatic N) is 1. The summed E-state index contributed by atoms with van der Waals surface area (Å²) in [7, 11) is 1.64. The Labute approximate surface area is 191 Å². The van der Waals surface area contributed by atoms with Gasteiger partial charge in [0.15, 0.2) is 10.1 Å². The van der Waals surface area contributed by atoms with Gasteiger partial charge in [0, 0.05) is 17.5 Å². The lowest BCUT2D eigenvalue weighted by atomic mass is 10.1. The fourth-order valence-electron chi connectivity index (χ4n) is 3.05. The van der Waals surface area contributed by atoms with Gasteiger partial charge in [-0.3, -0.25) is 9.59 Å².